The number of hydrogen-bond acceptors (Lipinski definition) is 2. The van der Waals surface area contributed by atoms with Crippen molar-refractivity contribution in [2.45, 2.75) is 62.9 Å². The largest absolute Gasteiger partial charge is 0.338 e. The van der Waals surface area contributed by atoms with E-state index in [9.17, 15) is 4.79 Å². The summed E-state index contributed by atoms with van der Waals surface area (Å²) in [6, 6.07) is 0.524. The van der Waals surface area contributed by atoms with Crippen LogP contribution in [0.4, 0.5) is 0 Å². The molecule has 1 saturated heterocycles. The highest BCUT2D eigenvalue weighted by molar-refractivity contribution is 5.89. The minimum atomic E-state index is -0.457. The van der Waals surface area contributed by atoms with Gasteiger partial charge in [0, 0.05) is 12.6 Å². The lowest BCUT2D eigenvalue weighted by molar-refractivity contribution is -0.135. The van der Waals surface area contributed by atoms with Crippen LogP contribution < -0.4 is 5.73 Å². The van der Waals surface area contributed by atoms with E-state index in [-0.39, 0.29) is 5.91 Å². The first kappa shape index (κ1) is 10.6. The smallest absolute Gasteiger partial charge is 0.242 e. The summed E-state index contributed by atoms with van der Waals surface area (Å²) in [5.41, 5.74) is 5.58. The van der Waals surface area contributed by atoms with Gasteiger partial charge in [-0.25, -0.2) is 0 Å². The van der Waals surface area contributed by atoms with Crippen LogP contribution in [0.15, 0.2) is 0 Å². The van der Waals surface area contributed by atoms with E-state index in [1.807, 2.05) is 0 Å². The first-order valence-electron chi connectivity index (χ1n) is 6.81. The fourth-order valence-electron chi connectivity index (χ4n) is 3.51. The highest BCUT2D eigenvalue weighted by Gasteiger charge is 2.50. The van der Waals surface area contributed by atoms with Gasteiger partial charge in [-0.2, -0.15) is 0 Å². The average molecular weight is 222 g/mol. The minimum Gasteiger partial charge on any atom is -0.338 e. The lowest BCUT2D eigenvalue weighted by atomic mass is 9.95. The van der Waals surface area contributed by atoms with Gasteiger partial charge in [0.1, 0.15) is 0 Å². The summed E-state index contributed by atoms with van der Waals surface area (Å²) in [7, 11) is 0. The maximum atomic E-state index is 12.3. The molecular weight excluding hydrogens is 200 g/mol. The topological polar surface area (TPSA) is 46.3 Å². The Balaban J connectivity index is 1.71. The molecule has 3 aliphatic rings. The van der Waals surface area contributed by atoms with Crippen LogP contribution in [0.3, 0.4) is 0 Å². The molecule has 1 heterocycles. The SMILES string of the molecule is NC1(C(=O)N2CCCC2C2CCCC2)CC1. The zero-order valence-electron chi connectivity index (χ0n) is 9.95. The second kappa shape index (κ2) is 3.73. The molecule has 1 atom stereocenters. The lowest BCUT2D eigenvalue weighted by Gasteiger charge is -2.31. The van der Waals surface area contributed by atoms with Crippen molar-refractivity contribution in [2.75, 3.05) is 6.54 Å². The second-order valence-corrected chi connectivity index (χ2v) is 5.91. The van der Waals surface area contributed by atoms with Crippen molar-refractivity contribution in [1.29, 1.82) is 0 Å². The molecule has 0 aromatic carbocycles. The molecule has 0 radical (unpaired) electrons. The van der Waals surface area contributed by atoms with Gasteiger partial charge in [0.05, 0.1) is 5.54 Å². The summed E-state index contributed by atoms with van der Waals surface area (Å²) in [5.74, 6) is 1.02. The number of nitrogens with two attached hydrogens (primary N) is 1. The Labute approximate surface area is 97.4 Å². The van der Waals surface area contributed by atoms with Gasteiger partial charge < -0.3 is 10.6 Å². The molecule has 3 fully saturated rings. The molecule has 2 N–H and O–H groups in total. The van der Waals surface area contributed by atoms with E-state index in [0.29, 0.717) is 6.04 Å². The molecule has 16 heavy (non-hydrogen) atoms. The van der Waals surface area contributed by atoms with Crippen LogP contribution in [-0.4, -0.2) is 28.9 Å². The van der Waals surface area contributed by atoms with Crippen molar-refractivity contribution < 1.29 is 4.79 Å². The Bertz CT molecular complexity index is 292. The first-order chi connectivity index (χ1) is 7.71. The second-order valence-electron chi connectivity index (χ2n) is 5.91. The number of carbonyl (C=O) groups excluding carboxylic acids is 1. The normalized spacial score (nSPS) is 33.3. The predicted molar refractivity (Wildman–Crippen MR) is 62.8 cm³/mol. The number of amides is 1. The van der Waals surface area contributed by atoms with Crippen molar-refractivity contribution in [3.05, 3.63) is 0 Å². The molecule has 0 bridgehead atoms. The van der Waals surface area contributed by atoms with Gasteiger partial charge in [0.25, 0.3) is 0 Å². The van der Waals surface area contributed by atoms with Gasteiger partial charge >= 0.3 is 0 Å². The fraction of sp³-hybridized carbons (Fsp3) is 0.923. The minimum absolute atomic E-state index is 0.252. The zero-order valence-corrected chi connectivity index (χ0v) is 9.95. The predicted octanol–water partition coefficient (Wildman–Crippen LogP) is 1.66. The standard InChI is InChI=1S/C13H22N2O/c14-13(7-8-13)12(16)15-9-3-6-11(15)10-4-1-2-5-10/h10-11H,1-9,14H2. The van der Waals surface area contributed by atoms with E-state index in [1.165, 1.54) is 38.5 Å². The van der Waals surface area contributed by atoms with E-state index in [0.717, 1.165) is 25.3 Å². The third-order valence-electron chi connectivity index (χ3n) is 4.72. The zero-order chi connectivity index (χ0) is 11.2. The molecular formula is C13H22N2O. The van der Waals surface area contributed by atoms with Crippen LogP contribution in [0.5, 0.6) is 0 Å². The van der Waals surface area contributed by atoms with Crippen molar-refractivity contribution in [2.24, 2.45) is 11.7 Å². The van der Waals surface area contributed by atoms with Crippen LogP contribution in [0.1, 0.15) is 51.4 Å². The van der Waals surface area contributed by atoms with Gasteiger partial charge in [0.15, 0.2) is 0 Å². The molecule has 0 aromatic rings. The monoisotopic (exact) mass is 222 g/mol. The number of rotatable bonds is 2. The highest BCUT2D eigenvalue weighted by Crippen LogP contribution is 2.40. The first-order valence-corrected chi connectivity index (χ1v) is 6.81. The average Bonchev–Trinajstić information content (AvgIpc) is 2.80. The summed E-state index contributed by atoms with van der Waals surface area (Å²) in [4.78, 5) is 14.4. The van der Waals surface area contributed by atoms with Crippen molar-refractivity contribution in [3.8, 4) is 0 Å². The van der Waals surface area contributed by atoms with Gasteiger partial charge in [-0.15, -0.1) is 0 Å². The van der Waals surface area contributed by atoms with Crippen molar-refractivity contribution >= 4 is 5.91 Å². The Morgan fingerprint density at radius 3 is 2.44 bits per heavy atom. The molecule has 3 heteroatoms. The van der Waals surface area contributed by atoms with Crippen LogP contribution in [0, 0.1) is 5.92 Å². The molecule has 90 valence electrons. The molecule has 1 amide bonds. The van der Waals surface area contributed by atoms with E-state index >= 15 is 0 Å². The van der Waals surface area contributed by atoms with Crippen LogP contribution in [-0.2, 0) is 4.79 Å². The number of carbonyl (C=O) groups is 1. The Morgan fingerprint density at radius 2 is 1.81 bits per heavy atom. The molecule has 0 aromatic heterocycles. The summed E-state index contributed by atoms with van der Waals surface area (Å²) < 4.78 is 0. The van der Waals surface area contributed by atoms with Crippen LogP contribution >= 0.6 is 0 Å². The maximum Gasteiger partial charge on any atom is 0.242 e. The van der Waals surface area contributed by atoms with E-state index < -0.39 is 5.54 Å². The summed E-state index contributed by atoms with van der Waals surface area (Å²) in [6.45, 7) is 0.957. The third kappa shape index (κ3) is 1.65. The summed E-state index contributed by atoms with van der Waals surface area (Å²) in [6.07, 6.45) is 9.57. The van der Waals surface area contributed by atoms with Crippen molar-refractivity contribution in [1.82, 2.24) is 4.90 Å². The Morgan fingerprint density at radius 1 is 1.12 bits per heavy atom. The molecule has 0 spiro atoms. The molecule has 3 rings (SSSR count). The third-order valence-corrected chi connectivity index (χ3v) is 4.72. The number of nitrogens with zero attached hydrogens (tertiary/aromatic N) is 1. The summed E-state index contributed by atoms with van der Waals surface area (Å²) in [5, 5.41) is 0. The molecule has 2 saturated carbocycles. The molecule has 1 unspecified atom stereocenters. The molecule has 3 nitrogen and oxygen atoms in total. The van der Waals surface area contributed by atoms with E-state index in [2.05, 4.69) is 4.90 Å². The van der Waals surface area contributed by atoms with Gasteiger partial charge in [-0.05, 0) is 44.4 Å². The quantitative estimate of drug-likeness (QED) is 0.772. The molecule has 2 aliphatic carbocycles. The van der Waals surface area contributed by atoms with E-state index in [4.69, 9.17) is 5.73 Å². The Kier molecular flexibility index (Phi) is 2.46. The van der Waals surface area contributed by atoms with E-state index in [1.54, 1.807) is 0 Å². The lowest BCUT2D eigenvalue weighted by Crippen LogP contribution is -2.49. The number of hydrogen-bond donors (Lipinski definition) is 1. The maximum absolute atomic E-state index is 12.3. The Hall–Kier alpha value is -0.570. The van der Waals surface area contributed by atoms with Gasteiger partial charge in [0.2, 0.25) is 5.91 Å². The molecule has 1 aliphatic heterocycles. The van der Waals surface area contributed by atoms with Gasteiger partial charge in [-0.1, -0.05) is 12.8 Å². The van der Waals surface area contributed by atoms with Crippen molar-refractivity contribution in [3.63, 3.8) is 0 Å². The van der Waals surface area contributed by atoms with Crippen LogP contribution in [0.2, 0.25) is 0 Å². The van der Waals surface area contributed by atoms with Gasteiger partial charge in [-0.3, -0.25) is 4.79 Å². The summed E-state index contributed by atoms with van der Waals surface area (Å²) >= 11 is 0. The fourth-order valence-corrected chi connectivity index (χ4v) is 3.51. The van der Waals surface area contributed by atoms with Crippen LogP contribution in [0.25, 0.3) is 0 Å². The number of likely N-dealkylation sites (tertiary alicyclic amines) is 1. The highest BCUT2D eigenvalue weighted by atomic mass is 16.2.